The van der Waals surface area contributed by atoms with Crippen LogP contribution in [0.5, 0.6) is 0 Å². The molecular formula is C18H19N2O2S+. The Balaban J connectivity index is 2.26. The van der Waals surface area contributed by atoms with E-state index < -0.39 is 0 Å². The number of benzene rings is 1. The van der Waals surface area contributed by atoms with Crippen molar-refractivity contribution in [2.45, 2.75) is 31.6 Å². The van der Waals surface area contributed by atoms with E-state index in [1.165, 1.54) is 11.8 Å². The SMILES string of the molecule is CCOC(=O)c1ccccc1CSc1[nH+]c(C)cc(C)c1C#N. The molecule has 0 aliphatic carbocycles. The summed E-state index contributed by atoms with van der Waals surface area (Å²) in [5, 5.41) is 10.2. The van der Waals surface area contributed by atoms with E-state index in [-0.39, 0.29) is 5.97 Å². The largest absolute Gasteiger partial charge is 0.462 e. The molecule has 0 radical (unpaired) electrons. The van der Waals surface area contributed by atoms with Crippen molar-refractivity contribution >= 4 is 17.7 Å². The molecule has 2 aromatic rings. The molecule has 0 spiro atoms. The van der Waals surface area contributed by atoms with E-state index in [4.69, 9.17) is 4.74 Å². The molecule has 0 amide bonds. The lowest BCUT2D eigenvalue weighted by Gasteiger charge is -2.08. The summed E-state index contributed by atoms with van der Waals surface area (Å²) in [7, 11) is 0. The number of thioether (sulfide) groups is 1. The predicted octanol–water partition coefficient (Wildman–Crippen LogP) is 3.46. The number of hydrogen-bond acceptors (Lipinski definition) is 4. The topological polar surface area (TPSA) is 64.2 Å². The van der Waals surface area contributed by atoms with Gasteiger partial charge in [0.2, 0.25) is 0 Å². The number of aromatic nitrogens is 1. The molecule has 0 bridgehead atoms. The van der Waals surface area contributed by atoms with E-state index in [0.717, 1.165) is 21.8 Å². The number of nitrogens with one attached hydrogen (secondary N) is 1. The summed E-state index contributed by atoms with van der Waals surface area (Å²) < 4.78 is 5.10. The molecule has 1 N–H and O–H groups in total. The third-order valence-electron chi connectivity index (χ3n) is 3.36. The minimum absolute atomic E-state index is 0.311. The van der Waals surface area contributed by atoms with E-state index in [0.29, 0.717) is 23.5 Å². The standard InChI is InChI=1S/C18H18N2O2S/c1-4-22-18(21)15-8-6-5-7-14(15)11-23-17-16(10-19)12(2)9-13(3)20-17/h5-9H,4,11H2,1-3H3/p+1. The van der Waals surface area contributed by atoms with Gasteiger partial charge in [0.25, 0.3) is 5.03 Å². The maximum absolute atomic E-state index is 12.0. The van der Waals surface area contributed by atoms with Crippen LogP contribution in [0.4, 0.5) is 0 Å². The summed E-state index contributed by atoms with van der Waals surface area (Å²) >= 11 is 1.52. The van der Waals surface area contributed by atoms with Crippen molar-refractivity contribution in [3.05, 3.63) is 58.3 Å². The average molecular weight is 327 g/mol. The van der Waals surface area contributed by atoms with Gasteiger partial charge in [0.15, 0.2) is 5.69 Å². The first kappa shape index (κ1) is 17.0. The molecule has 0 aliphatic heterocycles. The molecule has 0 atom stereocenters. The van der Waals surface area contributed by atoms with Gasteiger partial charge in [0.1, 0.15) is 11.6 Å². The van der Waals surface area contributed by atoms with Crippen LogP contribution >= 0.6 is 11.8 Å². The quantitative estimate of drug-likeness (QED) is 0.623. The van der Waals surface area contributed by atoms with Gasteiger partial charge in [-0.15, -0.1) is 0 Å². The van der Waals surface area contributed by atoms with Crippen LogP contribution < -0.4 is 4.98 Å². The highest BCUT2D eigenvalue weighted by molar-refractivity contribution is 7.98. The number of hydrogen-bond donors (Lipinski definition) is 0. The minimum Gasteiger partial charge on any atom is -0.462 e. The summed E-state index contributed by atoms with van der Waals surface area (Å²) in [6, 6.07) is 11.6. The van der Waals surface area contributed by atoms with Gasteiger partial charge in [0.05, 0.1) is 12.2 Å². The fourth-order valence-electron chi connectivity index (χ4n) is 2.30. The van der Waals surface area contributed by atoms with Crippen molar-refractivity contribution in [1.29, 1.82) is 5.26 Å². The number of rotatable bonds is 5. The molecule has 23 heavy (non-hydrogen) atoms. The molecular weight excluding hydrogens is 308 g/mol. The third-order valence-corrected chi connectivity index (χ3v) is 4.41. The molecule has 2 rings (SSSR count). The Morgan fingerprint density at radius 3 is 2.78 bits per heavy atom. The van der Waals surface area contributed by atoms with Gasteiger partial charge in [-0.3, -0.25) is 0 Å². The van der Waals surface area contributed by atoms with Crippen molar-refractivity contribution in [2.24, 2.45) is 0 Å². The van der Waals surface area contributed by atoms with Crippen LogP contribution in [0, 0.1) is 25.2 Å². The van der Waals surface area contributed by atoms with E-state index >= 15 is 0 Å². The van der Waals surface area contributed by atoms with Gasteiger partial charge in [-0.25, -0.2) is 9.78 Å². The number of carbonyl (C=O) groups excluding carboxylic acids is 1. The van der Waals surface area contributed by atoms with Crippen LogP contribution in [0.3, 0.4) is 0 Å². The number of esters is 1. The van der Waals surface area contributed by atoms with Crippen molar-refractivity contribution in [2.75, 3.05) is 6.61 Å². The number of aromatic amines is 1. The summed E-state index contributed by atoms with van der Waals surface area (Å²) in [5.74, 6) is 0.275. The van der Waals surface area contributed by atoms with Crippen molar-refractivity contribution in [3.8, 4) is 6.07 Å². The summed E-state index contributed by atoms with van der Waals surface area (Å²) in [4.78, 5) is 15.3. The Morgan fingerprint density at radius 2 is 2.09 bits per heavy atom. The number of ether oxygens (including phenoxy) is 1. The number of pyridine rings is 1. The zero-order valence-corrected chi connectivity index (χ0v) is 14.3. The fourth-order valence-corrected chi connectivity index (χ4v) is 3.44. The summed E-state index contributed by atoms with van der Waals surface area (Å²) in [6.45, 7) is 6.03. The zero-order valence-electron chi connectivity index (χ0n) is 13.5. The second-order valence-electron chi connectivity index (χ2n) is 5.12. The van der Waals surface area contributed by atoms with Gasteiger partial charge in [-0.05, 0) is 31.0 Å². The van der Waals surface area contributed by atoms with E-state index in [1.807, 2.05) is 38.1 Å². The van der Waals surface area contributed by atoms with Crippen molar-refractivity contribution in [1.82, 2.24) is 0 Å². The molecule has 0 fully saturated rings. The highest BCUT2D eigenvalue weighted by Gasteiger charge is 2.18. The fraction of sp³-hybridized carbons (Fsp3) is 0.278. The number of aryl methyl sites for hydroxylation is 2. The number of nitriles is 1. The van der Waals surface area contributed by atoms with Gasteiger partial charge in [-0.1, -0.05) is 30.0 Å². The molecule has 0 saturated carbocycles. The lowest BCUT2D eigenvalue weighted by molar-refractivity contribution is -0.435. The van der Waals surface area contributed by atoms with Crippen LogP contribution in [-0.2, 0) is 10.5 Å². The lowest BCUT2D eigenvalue weighted by Crippen LogP contribution is -2.14. The number of H-pyrrole nitrogens is 1. The second kappa shape index (κ2) is 7.80. The van der Waals surface area contributed by atoms with Gasteiger partial charge in [-0.2, -0.15) is 5.26 Å². The maximum atomic E-state index is 12.0. The van der Waals surface area contributed by atoms with Crippen LogP contribution in [0.15, 0.2) is 35.4 Å². The zero-order chi connectivity index (χ0) is 16.8. The third kappa shape index (κ3) is 4.11. The maximum Gasteiger partial charge on any atom is 0.338 e. The normalized spacial score (nSPS) is 10.2. The average Bonchev–Trinajstić information content (AvgIpc) is 2.53. The van der Waals surface area contributed by atoms with Crippen LogP contribution in [-0.4, -0.2) is 12.6 Å². The first-order valence-corrected chi connectivity index (χ1v) is 8.36. The van der Waals surface area contributed by atoms with E-state index in [2.05, 4.69) is 11.1 Å². The first-order chi connectivity index (χ1) is 11.1. The molecule has 0 aliphatic rings. The van der Waals surface area contributed by atoms with Gasteiger partial charge < -0.3 is 4.74 Å². The van der Waals surface area contributed by atoms with Crippen molar-refractivity contribution in [3.63, 3.8) is 0 Å². The van der Waals surface area contributed by atoms with Crippen LogP contribution in [0.1, 0.15) is 39.7 Å². The Labute approximate surface area is 140 Å². The Kier molecular flexibility index (Phi) is 5.78. The molecule has 1 aromatic carbocycles. The monoisotopic (exact) mass is 327 g/mol. The molecule has 118 valence electrons. The number of carbonyl (C=O) groups is 1. The van der Waals surface area contributed by atoms with Gasteiger partial charge in [0, 0.05) is 18.7 Å². The van der Waals surface area contributed by atoms with Crippen LogP contribution in [0.25, 0.3) is 0 Å². The predicted molar refractivity (Wildman–Crippen MR) is 89.1 cm³/mol. The van der Waals surface area contributed by atoms with Crippen molar-refractivity contribution < 1.29 is 14.5 Å². The van der Waals surface area contributed by atoms with Gasteiger partial charge >= 0.3 is 5.97 Å². The molecule has 5 heteroatoms. The second-order valence-corrected chi connectivity index (χ2v) is 6.10. The highest BCUT2D eigenvalue weighted by Crippen LogP contribution is 2.26. The summed E-state index contributed by atoms with van der Waals surface area (Å²) in [5.41, 5.74) is 4.07. The van der Waals surface area contributed by atoms with E-state index in [9.17, 15) is 10.1 Å². The Bertz CT molecular complexity index is 766. The minimum atomic E-state index is -0.311. The smallest absolute Gasteiger partial charge is 0.338 e. The lowest BCUT2D eigenvalue weighted by atomic mass is 10.1. The van der Waals surface area contributed by atoms with E-state index in [1.54, 1.807) is 13.0 Å². The number of nitrogens with zero attached hydrogens (tertiary/aromatic N) is 1. The first-order valence-electron chi connectivity index (χ1n) is 7.38. The molecule has 1 heterocycles. The highest BCUT2D eigenvalue weighted by atomic mass is 32.2. The Morgan fingerprint density at radius 1 is 1.35 bits per heavy atom. The summed E-state index contributed by atoms with van der Waals surface area (Å²) in [6.07, 6.45) is 0. The van der Waals surface area contributed by atoms with Crippen LogP contribution in [0.2, 0.25) is 0 Å². The molecule has 0 saturated heterocycles. The molecule has 1 aromatic heterocycles. The Hall–Kier alpha value is -2.32. The molecule has 4 nitrogen and oxygen atoms in total. The molecule has 0 unspecified atom stereocenters.